The van der Waals surface area contributed by atoms with Crippen molar-refractivity contribution in [2.45, 2.75) is 20.1 Å². The number of amides is 2. The molecule has 3 rings (SSSR count). The fourth-order valence-corrected chi connectivity index (χ4v) is 3.12. The quantitative estimate of drug-likeness (QED) is 0.342. The minimum atomic E-state index is -0.665. The summed E-state index contributed by atoms with van der Waals surface area (Å²) in [6, 6.07) is 17.3. The first-order valence-corrected chi connectivity index (χ1v) is 9.55. The maximum Gasteiger partial charge on any atom is 0.407 e. The number of fused-ring (bicyclic) bond motifs is 1. The average Bonchev–Trinajstić information content (AvgIpc) is 3.03. The van der Waals surface area contributed by atoms with Crippen molar-refractivity contribution in [2.75, 3.05) is 6.54 Å². The maximum atomic E-state index is 12.0. The minimum Gasteiger partial charge on any atom is -0.445 e. The zero-order valence-electron chi connectivity index (χ0n) is 16.8. The Hall–Kier alpha value is -3.87. The van der Waals surface area contributed by atoms with Crippen LogP contribution in [0.4, 0.5) is 4.79 Å². The van der Waals surface area contributed by atoms with Gasteiger partial charge in [0.05, 0.1) is 6.21 Å². The third kappa shape index (κ3) is 5.14. The lowest BCUT2D eigenvalue weighted by molar-refractivity contribution is -0.120. The molecule has 0 aliphatic rings. The van der Waals surface area contributed by atoms with Crippen molar-refractivity contribution in [3.8, 4) is 0 Å². The minimum absolute atomic E-state index is 0.139. The summed E-state index contributed by atoms with van der Waals surface area (Å²) in [5, 5.41) is 7.48. The van der Waals surface area contributed by atoms with Gasteiger partial charge in [-0.2, -0.15) is 5.10 Å². The Bertz CT molecular complexity index is 1070. The number of hydrogen-bond donors (Lipinski definition) is 2. The van der Waals surface area contributed by atoms with Crippen LogP contribution in [0.25, 0.3) is 10.9 Å². The van der Waals surface area contributed by atoms with Crippen LogP contribution in [-0.4, -0.2) is 29.3 Å². The Kier molecular flexibility index (Phi) is 7.00. The summed E-state index contributed by atoms with van der Waals surface area (Å²) in [5.41, 5.74) is 6.31. The van der Waals surface area contributed by atoms with Gasteiger partial charge in [0.2, 0.25) is 0 Å². The molecule has 7 heteroatoms. The van der Waals surface area contributed by atoms with E-state index in [0.717, 1.165) is 27.7 Å². The number of ether oxygens (including phenoxy) is 1. The van der Waals surface area contributed by atoms with Gasteiger partial charge in [0.1, 0.15) is 13.2 Å². The molecule has 30 heavy (non-hydrogen) atoms. The molecule has 0 saturated carbocycles. The lowest BCUT2D eigenvalue weighted by Gasteiger charge is -2.06. The van der Waals surface area contributed by atoms with Crippen molar-refractivity contribution in [1.82, 2.24) is 15.3 Å². The molecule has 7 nitrogen and oxygen atoms in total. The van der Waals surface area contributed by atoms with E-state index in [1.54, 1.807) is 6.21 Å². The predicted octanol–water partition coefficient (Wildman–Crippen LogP) is 3.51. The molecule has 0 saturated heterocycles. The van der Waals surface area contributed by atoms with Crippen LogP contribution in [0.3, 0.4) is 0 Å². The van der Waals surface area contributed by atoms with Crippen molar-refractivity contribution in [3.63, 3.8) is 0 Å². The van der Waals surface area contributed by atoms with Crippen molar-refractivity contribution >= 4 is 29.1 Å². The van der Waals surface area contributed by atoms with E-state index in [1.165, 1.54) is 0 Å². The lowest BCUT2D eigenvalue weighted by Crippen LogP contribution is -2.35. The van der Waals surface area contributed by atoms with Crippen molar-refractivity contribution < 1.29 is 14.3 Å². The monoisotopic (exact) mass is 404 g/mol. The zero-order valence-corrected chi connectivity index (χ0v) is 16.8. The van der Waals surface area contributed by atoms with Crippen LogP contribution in [0, 0.1) is 6.92 Å². The molecule has 1 aromatic heterocycles. The van der Waals surface area contributed by atoms with Gasteiger partial charge in [0.15, 0.2) is 0 Å². The van der Waals surface area contributed by atoms with Crippen LogP contribution in [0.2, 0.25) is 0 Å². The van der Waals surface area contributed by atoms with E-state index in [9.17, 15) is 9.59 Å². The Morgan fingerprint density at radius 2 is 1.87 bits per heavy atom. The molecule has 0 fully saturated rings. The second kappa shape index (κ2) is 10.1. The second-order valence-corrected chi connectivity index (χ2v) is 6.62. The van der Waals surface area contributed by atoms with Gasteiger partial charge in [-0.15, -0.1) is 6.58 Å². The molecule has 0 aliphatic carbocycles. The number of benzene rings is 2. The Balaban J connectivity index is 1.53. The summed E-state index contributed by atoms with van der Waals surface area (Å²) in [6.45, 7) is 6.39. The summed E-state index contributed by atoms with van der Waals surface area (Å²) in [6.07, 6.45) is 2.79. The molecule has 0 aliphatic heterocycles. The highest BCUT2D eigenvalue weighted by Crippen LogP contribution is 2.24. The van der Waals surface area contributed by atoms with Gasteiger partial charge >= 0.3 is 6.09 Å². The molecule has 0 radical (unpaired) electrons. The number of carbonyl (C=O) groups is 2. The number of carbonyl (C=O) groups excluding carboxylic acids is 2. The van der Waals surface area contributed by atoms with Crippen LogP contribution in [-0.2, 0) is 22.7 Å². The normalized spacial score (nSPS) is 10.8. The van der Waals surface area contributed by atoms with Crippen LogP contribution < -0.4 is 10.7 Å². The Labute approximate surface area is 175 Å². The third-order valence-corrected chi connectivity index (χ3v) is 4.58. The van der Waals surface area contributed by atoms with Gasteiger partial charge in [-0.05, 0) is 18.6 Å². The number of nitrogens with zero attached hydrogens (tertiary/aromatic N) is 2. The number of nitrogens with one attached hydrogen (secondary N) is 2. The van der Waals surface area contributed by atoms with Gasteiger partial charge in [-0.3, -0.25) is 4.79 Å². The molecule has 2 amide bonds. The number of allylic oxidation sites excluding steroid dienone is 1. The van der Waals surface area contributed by atoms with E-state index < -0.39 is 12.0 Å². The first kappa shape index (κ1) is 20.9. The highest BCUT2D eigenvalue weighted by molar-refractivity contribution is 6.01. The zero-order chi connectivity index (χ0) is 21.3. The smallest absolute Gasteiger partial charge is 0.407 e. The predicted molar refractivity (Wildman–Crippen MR) is 117 cm³/mol. The molecule has 1 heterocycles. The fraction of sp³-hybridized carbons (Fsp3) is 0.174. The highest BCUT2D eigenvalue weighted by Gasteiger charge is 2.11. The van der Waals surface area contributed by atoms with Crippen LogP contribution >= 0.6 is 0 Å². The molecular weight excluding hydrogens is 380 g/mol. The number of aromatic nitrogens is 1. The summed E-state index contributed by atoms with van der Waals surface area (Å²) in [5.74, 6) is -0.449. The average molecular weight is 404 g/mol. The number of hydrogen-bond acceptors (Lipinski definition) is 4. The summed E-state index contributed by atoms with van der Waals surface area (Å²) in [4.78, 5) is 23.7. The summed E-state index contributed by atoms with van der Waals surface area (Å²) >= 11 is 0. The van der Waals surface area contributed by atoms with E-state index in [2.05, 4.69) is 27.0 Å². The molecule has 2 aromatic carbocycles. The number of alkyl carbamates (subject to hydrolysis) is 1. The van der Waals surface area contributed by atoms with Crippen molar-refractivity contribution in [3.05, 3.63) is 84.1 Å². The van der Waals surface area contributed by atoms with Gasteiger partial charge in [0, 0.05) is 28.7 Å². The lowest BCUT2D eigenvalue weighted by atomic mass is 10.1. The van der Waals surface area contributed by atoms with Crippen LogP contribution in [0.15, 0.2) is 72.4 Å². The Morgan fingerprint density at radius 1 is 1.13 bits per heavy atom. The topological polar surface area (TPSA) is 84.7 Å². The first-order valence-electron chi connectivity index (χ1n) is 9.55. The largest absolute Gasteiger partial charge is 0.445 e. The standard InChI is InChI=1S/C23H24N4O3/c1-3-13-27-17(2)20(19-11-7-8-12-21(19)27)14-25-26-22(28)15-24-23(29)30-16-18-9-5-4-6-10-18/h3-12,14H,1,13,15-16H2,2H3,(H,24,29)(H,26,28)/b25-14-. The molecule has 154 valence electrons. The van der Waals surface area contributed by atoms with E-state index in [1.807, 2.05) is 67.6 Å². The third-order valence-electron chi connectivity index (χ3n) is 4.58. The SMILES string of the molecule is C=CCn1c(C)c(/C=N\NC(=O)CNC(=O)OCc2ccccc2)c2ccccc21. The van der Waals surface area contributed by atoms with Crippen molar-refractivity contribution in [1.29, 1.82) is 0 Å². The number of hydrazone groups is 1. The summed E-state index contributed by atoms with van der Waals surface area (Å²) < 4.78 is 7.20. The first-order chi connectivity index (χ1) is 14.6. The van der Waals surface area contributed by atoms with E-state index >= 15 is 0 Å². The van der Waals surface area contributed by atoms with E-state index in [-0.39, 0.29) is 13.2 Å². The van der Waals surface area contributed by atoms with Crippen LogP contribution in [0.1, 0.15) is 16.8 Å². The van der Waals surface area contributed by atoms with Gasteiger partial charge in [0.25, 0.3) is 5.91 Å². The Morgan fingerprint density at radius 3 is 2.63 bits per heavy atom. The maximum absolute atomic E-state index is 12.0. The molecule has 0 atom stereocenters. The number of para-hydroxylation sites is 1. The summed E-state index contributed by atoms with van der Waals surface area (Å²) in [7, 11) is 0. The molecule has 0 unspecified atom stereocenters. The molecule has 2 N–H and O–H groups in total. The van der Waals surface area contributed by atoms with Crippen LogP contribution in [0.5, 0.6) is 0 Å². The van der Waals surface area contributed by atoms with Crippen molar-refractivity contribution in [2.24, 2.45) is 5.10 Å². The fourth-order valence-electron chi connectivity index (χ4n) is 3.12. The molecule has 0 bridgehead atoms. The number of rotatable bonds is 8. The van der Waals surface area contributed by atoms with E-state index in [4.69, 9.17) is 4.74 Å². The highest BCUT2D eigenvalue weighted by atomic mass is 16.5. The molecule has 3 aromatic rings. The van der Waals surface area contributed by atoms with Gasteiger partial charge in [-0.1, -0.05) is 54.6 Å². The second-order valence-electron chi connectivity index (χ2n) is 6.62. The van der Waals surface area contributed by atoms with Gasteiger partial charge in [-0.25, -0.2) is 10.2 Å². The van der Waals surface area contributed by atoms with Gasteiger partial charge < -0.3 is 14.6 Å². The molecular formula is C23H24N4O3. The molecule has 0 spiro atoms. The van der Waals surface area contributed by atoms with E-state index in [0.29, 0.717) is 6.54 Å².